The Bertz CT molecular complexity index is 1750. The van der Waals surface area contributed by atoms with Crippen LogP contribution in [0.5, 0.6) is 23.0 Å². The molecule has 1 unspecified atom stereocenters. The van der Waals surface area contributed by atoms with Crippen molar-refractivity contribution in [2.24, 2.45) is 0 Å². The summed E-state index contributed by atoms with van der Waals surface area (Å²) in [6.45, 7) is 1.75. The molecule has 0 amide bonds. The monoisotopic (exact) mass is 557 g/mol. The highest BCUT2D eigenvalue weighted by Gasteiger charge is 2.54. The molecule has 6 rings (SSSR count). The zero-order chi connectivity index (χ0) is 28.8. The number of nitrogens with one attached hydrogen (secondary N) is 1. The van der Waals surface area contributed by atoms with Gasteiger partial charge in [0.1, 0.15) is 54.8 Å². The van der Waals surface area contributed by atoms with Gasteiger partial charge in [0.25, 0.3) is 5.92 Å². The third-order valence-electron chi connectivity index (χ3n) is 7.07. The molecule has 1 aliphatic heterocycles. The Hall–Kier alpha value is -4.52. The summed E-state index contributed by atoms with van der Waals surface area (Å²) in [4.78, 5) is 14.4. The van der Waals surface area contributed by atoms with E-state index in [1.165, 1.54) is 30.7 Å². The molecule has 41 heavy (non-hydrogen) atoms. The van der Waals surface area contributed by atoms with E-state index in [4.69, 9.17) is 22.1 Å². The molecule has 1 fully saturated rings. The van der Waals surface area contributed by atoms with Crippen LogP contribution in [0.2, 0.25) is 0 Å². The van der Waals surface area contributed by atoms with Crippen LogP contribution in [0.25, 0.3) is 16.6 Å². The summed E-state index contributed by atoms with van der Waals surface area (Å²) in [5.41, 5.74) is 0.423. The number of aryl methyl sites for hydroxylation is 1. The second kappa shape index (κ2) is 10.1. The van der Waals surface area contributed by atoms with E-state index < -0.39 is 18.0 Å². The number of fused-ring (bicyclic) bond motifs is 2. The fourth-order valence-corrected chi connectivity index (χ4v) is 4.80. The number of pyridine rings is 1. The standard InChI is InChI=1S/C28H26BF2N7O3/c1-17-10-18(4-5-22(17)40-19-6-8-38-24(13-19)33-16-35-38)36-26-25-21(32-15-34-26)11-20(39-3)12-23(25)41-27(29)7-9-37(2)14-28(27,30)31/h4-6,8,10-13,15-16H,7,9,14H2,1-3H3,(H,32,34,36). The number of benzene rings is 2. The van der Waals surface area contributed by atoms with Gasteiger partial charge in [-0.2, -0.15) is 5.10 Å². The molecule has 2 aromatic carbocycles. The van der Waals surface area contributed by atoms with Crippen LogP contribution in [-0.2, 0) is 0 Å². The van der Waals surface area contributed by atoms with E-state index in [1.807, 2.05) is 25.1 Å². The van der Waals surface area contributed by atoms with E-state index >= 15 is 8.78 Å². The minimum Gasteiger partial charge on any atom is -0.497 e. The second-order valence-corrected chi connectivity index (χ2v) is 10.1. The summed E-state index contributed by atoms with van der Waals surface area (Å²) in [6, 6.07) is 12.3. The summed E-state index contributed by atoms with van der Waals surface area (Å²) in [5, 5.41) is 7.75. The first-order chi connectivity index (χ1) is 19.6. The van der Waals surface area contributed by atoms with Crippen molar-refractivity contribution in [3.05, 3.63) is 66.9 Å². The highest BCUT2D eigenvalue weighted by Crippen LogP contribution is 2.42. The van der Waals surface area contributed by atoms with Crippen LogP contribution in [0.4, 0.5) is 20.3 Å². The number of methoxy groups -OCH3 is 1. The lowest BCUT2D eigenvalue weighted by molar-refractivity contribution is -0.158. The molecule has 0 bridgehead atoms. The normalized spacial score (nSPS) is 18.9. The van der Waals surface area contributed by atoms with Crippen LogP contribution in [0, 0.1) is 6.92 Å². The number of nitrogens with zero attached hydrogens (tertiary/aromatic N) is 6. The topological polar surface area (TPSA) is 98.9 Å². The number of halogens is 2. The number of aromatic nitrogens is 5. The maximum atomic E-state index is 15.1. The Kier molecular flexibility index (Phi) is 6.61. The van der Waals surface area contributed by atoms with E-state index in [1.54, 1.807) is 36.0 Å². The molecule has 1 saturated heterocycles. The number of piperidine rings is 1. The predicted molar refractivity (Wildman–Crippen MR) is 150 cm³/mol. The summed E-state index contributed by atoms with van der Waals surface area (Å²) >= 11 is 0. The largest absolute Gasteiger partial charge is 0.497 e. The van der Waals surface area contributed by atoms with Crippen molar-refractivity contribution in [3.8, 4) is 23.0 Å². The van der Waals surface area contributed by atoms with Crippen molar-refractivity contribution in [1.29, 1.82) is 0 Å². The van der Waals surface area contributed by atoms with Gasteiger partial charge in [0.05, 0.1) is 24.6 Å². The van der Waals surface area contributed by atoms with E-state index in [-0.39, 0.29) is 12.2 Å². The van der Waals surface area contributed by atoms with Gasteiger partial charge in [-0.15, -0.1) is 0 Å². The number of hydrogen-bond acceptors (Lipinski definition) is 9. The van der Waals surface area contributed by atoms with Crippen LogP contribution in [0.15, 0.2) is 61.3 Å². The van der Waals surface area contributed by atoms with E-state index in [0.29, 0.717) is 51.8 Å². The fourth-order valence-electron chi connectivity index (χ4n) is 4.80. The van der Waals surface area contributed by atoms with Gasteiger partial charge in [-0.1, -0.05) is 0 Å². The average molecular weight is 557 g/mol. The van der Waals surface area contributed by atoms with Crippen LogP contribution in [0.1, 0.15) is 12.0 Å². The minimum atomic E-state index is -3.30. The molecule has 10 nitrogen and oxygen atoms in total. The van der Waals surface area contributed by atoms with Crippen molar-refractivity contribution < 1.29 is 23.0 Å². The molecular weight excluding hydrogens is 531 g/mol. The first-order valence-corrected chi connectivity index (χ1v) is 12.9. The number of hydrogen-bond donors (Lipinski definition) is 1. The molecular formula is C28H26BF2N7O3. The number of rotatable bonds is 7. The lowest BCUT2D eigenvalue weighted by Crippen LogP contribution is -2.63. The fraction of sp³-hybridized carbons (Fsp3) is 0.286. The van der Waals surface area contributed by atoms with Gasteiger partial charge in [0.15, 0.2) is 5.65 Å². The van der Waals surface area contributed by atoms with Gasteiger partial charge in [-0.3, -0.25) is 0 Å². The molecule has 3 aromatic heterocycles. The number of likely N-dealkylation sites (tertiary alicyclic amines) is 1. The van der Waals surface area contributed by atoms with E-state index in [9.17, 15) is 0 Å². The lowest BCUT2D eigenvalue weighted by Gasteiger charge is -2.45. The molecule has 1 atom stereocenters. The third kappa shape index (κ3) is 5.08. The van der Waals surface area contributed by atoms with Crippen LogP contribution in [-0.4, -0.2) is 76.0 Å². The van der Waals surface area contributed by atoms with Gasteiger partial charge in [0.2, 0.25) is 0 Å². The molecule has 0 saturated carbocycles. The Morgan fingerprint density at radius 2 is 1.85 bits per heavy atom. The second-order valence-electron chi connectivity index (χ2n) is 10.1. The van der Waals surface area contributed by atoms with Crippen LogP contribution < -0.4 is 19.5 Å². The number of alkyl halides is 2. The molecule has 2 radical (unpaired) electrons. The molecule has 0 spiro atoms. The smallest absolute Gasteiger partial charge is 0.290 e. The highest BCUT2D eigenvalue weighted by molar-refractivity contribution is 6.16. The highest BCUT2D eigenvalue weighted by atomic mass is 19.3. The Morgan fingerprint density at radius 3 is 2.63 bits per heavy atom. The summed E-state index contributed by atoms with van der Waals surface area (Å²) < 4.78 is 49.3. The first kappa shape index (κ1) is 26.7. The predicted octanol–water partition coefficient (Wildman–Crippen LogP) is 4.74. The molecule has 4 heterocycles. The number of anilines is 2. The van der Waals surface area contributed by atoms with Gasteiger partial charge < -0.3 is 24.4 Å². The zero-order valence-electron chi connectivity index (χ0n) is 22.6. The van der Waals surface area contributed by atoms with Gasteiger partial charge in [0, 0.05) is 36.6 Å². The summed E-state index contributed by atoms with van der Waals surface area (Å²) in [5.74, 6) is -1.20. The Morgan fingerprint density at radius 1 is 1.00 bits per heavy atom. The van der Waals surface area contributed by atoms with Crippen molar-refractivity contribution in [3.63, 3.8) is 0 Å². The molecule has 1 N–H and O–H groups in total. The third-order valence-corrected chi connectivity index (χ3v) is 7.07. The zero-order valence-corrected chi connectivity index (χ0v) is 22.6. The van der Waals surface area contributed by atoms with Gasteiger partial charge in [-0.25, -0.2) is 28.2 Å². The first-order valence-electron chi connectivity index (χ1n) is 12.9. The van der Waals surface area contributed by atoms with Crippen LogP contribution in [0.3, 0.4) is 0 Å². The molecule has 13 heteroatoms. The van der Waals surface area contributed by atoms with Crippen molar-refractivity contribution in [1.82, 2.24) is 29.5 Å². The van der Waals surface area contributed by atoms with Gasteiger partial charge >= 0.3 is 0 Å². The average Bonchev–Trinajstić information content (AvgIpc) is 3.40. The van der Waals surface area contributed by atoms with Crippen molar-refractivity contribution in [2.45, 2.75) is 24.8 Å². The maximum Gasteiger partial charge on any atom is 0.290 e. The van der Waals surface area contributed by atoms with Gasteiger partial charge in [-0.05, 0) is 50.2 Å². The Labute approximate surface area is 235 Å². The molecule has 1 aliphatic rings. The summed E-state index contributed by atoms with van der Waals surface area (Å²) in [6.07, 6.45) is 4.54. The minimum absolute atomic E-state index is 0.0731. The maximum absolute atomic E-state index is 15.1. The van der Waals surface area contributed by atoms with Crippen molar-refractivity contribution in [2.75, 3.05) is 32.6 Å². The van der Waals surface area contributed by atoms with E-state index in [0.717, 1.165) is 5.56 Å². The quantitative estimate of drug-likeness (QED) is 0.285. The SMILES string of the molecule is [B]C1(Oc2cc(OC)cc3ncnc(Nc4ccc(Oc5ccn6ncnc6c5)c(C)c4)c23)CCN(C)CC1(F)F. The summed E-state index contributed by atoms with van der Waals surface area (Å²) in [7, 11) is 9.32. The Balaban J connectivity index is 1.32. The molecule has 0 aliphatic carbocycles. The van der Waals surface area contributed by atoms with E-state index in [2.05, 4.69) is 25.4 Å². The van der Waals surface area contributed by atoms with Crippen LogP contribution >= 0.6 is 0 Å². The number of ether oxygens (including phenoxy) is 3. The molecule has 5 aromatic rings. The molecule has 208 valence electrons. The van der Waals surface area contributed by atoms with Crippen molar-refractivity contribution >= 4 is 35.9 Å². The lowest BCUT2D eigenvalue weighted by atomic mass is 9.71.